The molecule has 0 unspecified atom stereocenters. The molecule has 2 heterocycles. The van der Waals surface area contributed by atoms with Gasteiger partial charge in [-0.3, -0.25) is 0 Å². The van der Waals surface area contributed by atoms with Gasteiger partial charge in [-0.2, -0.15) is 0 Å². The quantitative estimate of drug-likeness (QED) is 0.678. The Morgan fingerprint density at radius 1 is 1.43 bits per heavy atom. The molecule has 2 rings (SSSR count). The van der Waals surface area contributed by atoms with E-state index in [0.29, 0.717) is 6.61 Å². The molecule has 21 heavy (non-hydrogen) atoms. The monoisotopic (exact) mass is 297 g/mol. The zero-order valence-electron chi connectivity index (χ0n) is 12.8. The van der Waals surface area contributed by atoms with E-state index in [2.05, 4.69) is 14.5 Å². The predicted octanol–water partition coefficient (Wildman–Crippen LogP) is 0.355. The highest BCUT2D eigenvalue weighted by Crippen LogP contribution is 2.34. The molecule has 2 N–H and O–H groups in total. The lowest BCUT2D eigenvalue weighted by molar-refractivity contribution is -0.0828. The molecule has 1 fully saturated rings. The van der Waals surface area contributed by atoms with Crippen LogP contribution in [-0.4, -0.2) is 70.7 Å². The second-order valence-electron chi connectivity index (χ2n) is 6.00. The first-order valence-electron chi connectivity index (χ1n) is 7.66. The van der Waals surface area contributed by atoms with Gasteiger partial charge in [0.1, 0.15) is 0 Å². The van der Waals surface area contributed by atoms with E-state index in [1.54, 1.807) is 13.3 Å². The molecule has 0 radical (unpaired) electrons. The van der Waals surface area contributed by atoms with Gasteiger partial charge in [0.25, 0.3) is 0 Å². The number of ether oxygens (including phenoxy) is 1. The predicted molar refractivity (Wildman–Crippen MR) is 79.9 cm³/mol. The maximum atomic E-state index is 10.3. The molecule has 1 aliphatic rings. The fourth-order valence-electron chi connectivity index (χ4n) is 3.16. The fourth-order valence-corrected chi connectivity index (χ4v) is 3.16. The fraction of sp³-hybridized carbons (Fsp3) is 0.800. The van der Waals surface area contributed by atoms with Gasteiger partial charge in [0, 0.05) is 57.7 Å². The number of nitrogens with zero attached hydrogens (tertiary/aromatic N) is 3. The van der Waals surface area contributed by atoms with Gasteiger partial charge in [-0.1, -0.05) is 0 Å². The van der Waals surface area contributed by atoms with E-state index in [0.717, 1.165) is 45.4 Å². The topological polar surface area (TPSA) is 70.8 Å². The van der Waals surface area contributed by atoms with Crippen molar-refractivity contribution in [1.82, 2.24) is 14.5 Å². The summed E-state index contributed by atoms with van der Waals surface area (Å²) in [5.74, 6) is 0. The Balaban J connectivity index is 1.89. The molecule has 1 aromatic heterocycles. The average Bonchev–Trinajstić information content (AvgIpc) is 3.01. The Hall–Kier alpha value is -0.950. The Kier molecular flexibility index (Phi) is 6.17. The van der Waals surface area contributed by atoms with E-state index in [1.165, 1.54) is 0 Å². The van der Waals surface area contributed by atoms with Crippen LogP contribution >= 0.6 is 0 Å². The largest absolute Gasteiger partial charge is 0.396 e. The lowest BCUT2D eigenvalue weighted by Gasteiger charge is -2.45. The number of methoxy groups -OCH3 is 1. The molecular formula is C15H27N3O3. The standard InChI is InChI=1S/C15H27N3O3/c1-21-10-2-4-15(12-19)11-17(6-3-14(15)20)8-9-18-7-5-16-13-18/h5,7,13-14,19-20H,2-4,6,8-12H2,1H3/t14-,15+/m1/s1. The molecule has 0 spiro atoms. The van der Waals surface area contributed by atoms with Gasteiger partial charge in [0.15, 0.2) is 0 Å². The van der Waals surface area contributed by atoms with E-state index in [1.807, 2.05) is 12.5 Å². The van der Waals surface area contributed by atoms with Gasteiger partial charge in [-0.05, 0) is 19.3 Å². The van der Waals surface area contributed by atoms with Crippen LogP contribution in [0.1, 0.15) is 19.3 Å². The van der Waals surface area contributed by atoms with Gasteiger partial charge in [-0.25, -0.2) is 4.98 Å². The first-order valence-corrected chi connectivity index (χ1v) is 7.66. The molecule has 0 bridgehead atoms. The number of imidazole rings is 1. The minimum atomic E-state index is -0.427. The average molecular weight is 297 g/mol. The molecule has 1 aliphatic heterocycles. The van der Waals surface area contributed by atoms with E-state index in [4.69, 9.17) is 4.74 Å². The van der Waals surface area contributed by atoms with Gasteiger partial charge in [0.2, 0.25) is 0 Å². The third kappa shape index (κ3) is 4.26. The van der Waals surface area contributed by atoms with Gasteiger partial charge in [0.05, 0.1) is 19.0 Å². The van der Waals surface area contributed by atoms with Crippen LogP contribution in [0.4, 0.5) is 0 Å². The minimum absolute atomic E-state index is 0.0272. The number of piperidine rings is 1. The molecule has 120 valence electrons. The van der Waals surface area contributed by atoms with Crippen molar-refractivity contribution in [2.75, 3.05) is 40.0 Å². The first-order chi connectivity index (χ1) is 10.2. The van der Waals surface area contributed by atoms with Crippen molar-refractivity contribution in [3.63, 3.8) is 0 Å². The second-order valence-corrected chi connectivity index (χ2v) is 6.00. The Morgan fingerprint density at radius 3 is 2.95 bits per heavy atom. The van der Waals surface area contributed by atoms with Crippen molar-refractivity contribution in [3.8, 4) is 0 Å². The van der Waals surface area contributed by atoms with Crippen molar-refractivity contribution in [2.24, 2.45) is 5.41 Å². The van der Waals surface area contributed by atoms with Gasteiger partial charge < -0.3 is 24.4 Å². The molecule has 6 nitrogen and oxygen atoms in total. The SMILES string of the molecule is COCCC[C@@]1(CO)CN(CCn2ccnc2)CC[C@H]1O. The summed E-state index contributed by atoms with van der Waals surface area (Å²) in [6, 6.07) is 0. The van der Waals surface area contributed by atoms with Crippen molar-refractivity contribution in [2.45, 2.75) is 31.9 Å². The van der Waals surface area contributed by atoms with Crippen LogP contribution < -0.4 is 0 Å². The van der Waals surface area contributed by atoms with Crippen LogP contribution in [0, 0.1) is 5.41 Å². The Bertz CT molecular complexity index is 399. The Morgan fingerprint density at radius 2 is 2.29 bits per heavy atom. The van der Waals surface area contributed by atoms with Crippen LogP contribution in [0.3, 0.4) is 0 Å². The summed E-state index contributed by atoms with van der Waals surface area (Å²) in [7, 11) is 1.68. The molecule has 6 heteroatoms. The zero-order valence-corrected chi connectivity index (χ0v) is 12.8. The van der Waals surface area contributed by atoms with Crippen LogP contribution in [0.2, 0.25) is 0 Å². The number of hydrogen-bond donors (Lipinski definition) is 2. The summed E-state index contributed by atoms with van der Waals surface area (Å²) in [6.07, 6.45) is 7.50. The molecule has 2 atom stereocenters. The van der Waals surface area contributed by atoms with Crippen molar-refractivity contribution < 1.29 is 14.9 Å². The lowest BCUT2D eigenvalue weighted by Crippen LogP contribution is -2.54. The van der Waals surface area contributed by atoms with E-state index in [-0.39, 0.29) is 6.61 Å². The van der Waals surface area contributed by atoms with Crippen LogP contribution in [0.5, 0.6) is 0 Å². The minimum Gasteiger partial charge on any atom is -0.396 e. The molecule has 1 aromatic rings. The molecular weight excluding hydrogens is 270 g/mol. The van der Waals surface area contributed by atoms with E-state index in [9.17, 15) is 10.2 Å². The lowest BCUT2D eigenvalue weighted by atomic mass is 9.74. The Labute approximate surface area is 126 Å². The van der Waals surface area contributed by atoms with E-state index >= 15 is 0 Å². The normalized spacial score (nSPS) is 27.1. The molecule has 0 aliphatic carbocycles. The summed E-state index contributed by atoms with van der Waals surface area (Å²) in [5, 5.41) is 20.2. The van der Waals surface area contributed by atoms with Crippen molar-refractivity contribution >= 4 is 0 Å². The number of hydrogen-bond acceptors (Lipinski definition) is 5. The number of likely N-dealkylation sites (tertiary alicyclic amines) is 1. The second kappa shape index (κ2) is 7.89. The summed E-state index contributed by atoms with van der Waals surface area (Å²) in [4.78, 5) is 6.37. The van der Waals surface area contributed by atoms with Crippen LogP contribution in [0.15, 0.2) is 18.7 Å². The summed E-state index contributed by atoms with van der Waals surface area (Å²) >= 11 is 0. The molecule has 0 aromatic carbocycles. The third-order valence-corrected chi connectivity index (χ3v) is 4.54. The highest BCUT2D eigenvalue weighted by Gasteiger charge is 2.41. The third-order valence-electron chi connectivity index (χ3n) is 4.54. The highest BCUT2D eigenvalue weighted by molar-refractivity contribution is 4.93. The molecule has 1 saturated heterocycles. The molecule has 0 amide bonds. The summed E-state index contributed by atoms with van der Waals surface area (Å²) in [5.41, 5.74) is -0.411. The van der Waals surface area contributed by atoms with Crippen LogP contribution in [-0.2, 0) is 11.3 Å². The highest BCUT2D eigenvalue weighted by atomic mass is 16.5. The smallest absolute Gasteiger partial charge is 0.0946 e. The number of aromatic nitrogens is 2. The number of rotatable bonds is 8. The maximum absolute atomic E-state index is 10.3. The number of aliphatic hydroxyl groups excluding tert-OH is 2. The van der Waals surface area contributed by atoms with Crippen molar-refractivity contribution in [3.05, 3.63) is 18.7 Å². The maximum Gasteiger partial charge on any atom is 0.0946 e. The number of aliphatic hydroxyl groups is 2. The van der Waals surface area contributed by atoms with Gasteiger partial charge in [-0.15, -0.1) is 0 Å². The first kappa shape index (κ1) is 16.4. The van der Waals surface area contributed by atoms with Crippen molar-refractivity contribution in [1.29, 1.82) is 0 Å². The van der Waals surface area contributed by atoms with Crippen LogP contribution in [0.25, 0.3) is 0 Å². The van der Waals surface area contributed by atoms with E-state index < -0.39 is 11.5 Å². The molecule has 0 saturated carbocycles. The zero-order chi connectivity index (χ0) is 15.1. The summed E-state index contributed by atoms with van der Waals surface area (Å²) < 4.78 is 7.15. The summed E-state index contributed by atoms with van der Waals surface area (Å²) in [6.45, 7) is 4.11. The van der Waals surface area contributed by atoms with Gasteiger partial charge >= 0.3 is 0 Å².